The van der Waals surface area contributed by atoms with Crippen molar-refractivity contribution in [2.24, 2.45) is 0 Å². The Hall–Kier alpha value is -1.49. The van der Waals surface area contributed by atoms with E-state index in [9.17, 15) is 0 Å². The van der Waals surface area contributed by atoms with Crippen LogP contribution in [-0.4, -0.2) is 22.0 Å². The van der Waals surface area contributed by atoms with Gasteiger partial charge >= 0.3 is 0 Å². The third kappa shape index (κ3) is 2.50. The first kappa shape index (κ1) is 10.0. The molecule has 0 saturated carbocycles. The first-order valence-electron chi connectivity index (χ1n) is 4.68. The molecule has 4 nitrogen and oxygen atoms in total. The Balaban J connectivity index is 2.16. The van der Waals surface area contributed by atoms with Gasteiger partial charge in [0, 0.05) is 24.3 Å². The van der Waals surface area contributed by atoms with Crippen molar-refractivity contribution < 1.29 is 0 Å². The van der Waals surface area contributed by atoms with Crippen LogP contribution in [0.5, 0.6) is 0 Å². The van der Waals surface area contributed by atoms with E-state index >= 15 is 0 Å². The molecule has 78 valence electrons. The van der Waals surface area contributed by atoms with E-state index in [1.165, 1.54) is 0 Å². The number of anilines is 1. The Morgan fingerprint density at radius 2 is 2.27 bits per heavy atom. The molecule has 0 fully saturated rings. The summed E-state index contributed by atoms with van der Waals surface area (Å²) >= 11 is 1.65. The van der Waals surface area contributed by atoms with Crippen LogP contribution in [0.4, 0.5) is 5.82 Å². The number of hydrogen-bond donors (Lipinski definition) is 1. The van der Waals surface area contributed by atoms with Gasteiger partial charge in [-0.3, -0.25) is 0 Å². The lowest BCUT2D eigenvalue weighted by atomic mass is 10.4. The molecule has 0 aromatic carbocycles. The molecule has 0 bridgehead atoms. The van der Waals surface area contributed by atoms with Crippen molar-refractivity contribution in [3.63, 3.8) is 0 Å². The van der Waals surface area contributed by atoms with Crippen molar-refractivity contribution in [1.29, 1.82) is 0 Å². The van der Waals surface area contributed by atoms with Gasteiger partial charge in [0.25, 0.3) is 0 Å². The summed E-state index contributed by atoms with van der Waals surface area (Å²) < 4.78 is 0. The van der Waals surface area contributed by atoms with Crippen LogP contribution in [-0.2, 0) is 6.42 Å². The molecule has 2 aromatic heterocycles. The van der Waals surface area contributed by atoms with Crippen LogP contribution < -0.4 is 5.32 Å². The van der Waals surface area contributed by atoms with Crippen LogP contribution in [0.25, 0.3) is 0 Å². The summed E-state index contributed by atoms with van der Waals surface area (Å²) in [6.45, 7) is 1.99. The van der Waals surface area contributed by atoms with Gasteiger partial charge in [0.1, 0.15) is 16.6 Å². The molecule has 0 amide bonds. The van der Waals surface area contributed by atoms with Crippen LogP contribution in [0.3, 0.4) is 0 Å². The van der Waals surface area contributed by atoms with E-state index in [0.29, 0.717) is 6.42 Å². The first-order valence-corrected chi connectivity index (χ1v) is 5.56. The standard InChI is InChI=1S/C10H12N4S/c1-7-6-15-10(13-7)5-9-12-4-3-8(11-2)14-9/h3-4,6H,5H2,1-2H3,(H,11,12,14). The van der Waals surface area contributed by atoms with Gasteiger partial charge in [0.05, 0.1) is 6.42 Å². The third-order valence-corrected chi connectivity index (χ3v) is 2.90. The lowest BCUT2D eigenvalue weighted by molar-refractivity contribution is 0.953. The molecule has 0 aliphatic carbocycles. The molecule has 2 rings (SSSR count). The van der Waals surface area contributed by atoms with Crippen molar-refractivity contribution in [1.82, 2.24) is 15.0 Å². The summed E-state index contributed by atoms with van der Waals surface area (Å²) in [5, 5.41) is 6.09. The molecule has 0 radical (unpaired) electrons. The van der Waals surface area contributed by atoms with Crippen molar-refractivity contribution in [2.75, 3.05) is 12.4 Å². The van der Waals surface area contributed by atoms with E-state index in [0.717, 1.165) is 22.3 Å². The number of aryl methyl sites for hydroxylation is 1. The lowest BCUT2D eigenvalue weighted by Crippen LogP contribution is -1.99. The van der Waals surface area contributed by atoms with Gasteiger partial charge in [-0.2, -0.15) is 0 Å². The van der Waals surface area contributed by atoms with E-state index in [4.69, 9.17) is 0 Å². The van der Waals surface area contributed by atoms with Crippen molar-refractivity contribution in [3.8, 4) is 0 Å². The van der Waals surface area contributed by atoms with Gasteiger partial charge in [-0.25, -0.2) is 15.0 Å². The van der Waals surface area contributed by atoms with Crippen molar-refractivity contribution in [3.05, 3.63) is 34.2 Å². The van der Waals surface area contributed by atoms with Crippen LogP contribution in [0.15, 0.2) is 17.6 Å². The third-order valence-electron chi connectivity index (χ3n) is 1.94. The van der Waals surface area contributed by atoms with Crippen molar-refractivity contribution >= 4 is 17.2 Å². The fraction of sp³-hybridized carbons (Fsp3) is 0.300. The molecule has 5 heteroatoms. The zero-order valence-corrected chi connectivity index (χ0v) is 9.51. The van der Waals surface area contributed by atoms with Crippen LogP contribution in [0, 0.1) is 6.92 Å². The highest BCUT2D eigenvalue weighted by molar-refractivity contribution is 7.09. The molecule has 15 heavy (non-hydrogen) atoms. The second-order valence-electron chi connectivity index (χ2n) is 3.17. The van der Waals surface area contributed by atoms with Gasteiger partial charge in [-0.1, -0.05) is 0 Å². The Bertz CT molecular complexity index is 452. The minimum atomic E-state index is 0.702. The number of rotatable bonds is 3. The quantitative estimate of drug-likeness (QED) is 0.858. The van der Waals surface area contributed by atoms with E-state index in [1.807, 2.05) is 25.4 Å². The van der Waals surface area contributed by atoms with Crippen LogP contribution in [0.1, 0.15) is 16.5 Å². The summed E-state index contributed by atoms with van der Waals surface area (Å²) in [4.78, 5) is 12.9. The number of nitrogens with one attached hydrogen (secondary N) is 1. The maximum absolute atomic E-state index is 4.38. The maximum Gasteiger partial charge on any atom is 0.137 e. The SMILES string of the molecule is CNc1ccnc(Cc2nc(C)cs2)n1. The second-order valence-corrected chi connectivity index (χ2v) is 4.11. The van der Waals surface area contributed by atoms with Gasteiger partial charge < -0.3 is 5.32 Å². The van der Waals surface area contributed by atoms with Crippen LogP contribution in [0.2, 0.25) is 0 Å². The maximum atomic E-state index is 4.38. The molecule has 0 aliphatic heterocycles. The smallest absolute Gasteiger partial charge is 0.137 e. The average molecular weight is 220 g/mol. The molecule has 1 N–H and O–H groups in total. The van der Waals surface area contributed by atoms with Crippen LogP contribution >= 0.6 is 11.3 Å². The Morgan fingerprint density at radius 3 is 2.93 bits per heavy atom. The summed E-state index contributed by atoms with van der Waals surface area (Å²) in [5.74, 6) is 1.64. The average Bonchev–Trinajstić information content (AvgIpc) is 2.64. The predicted molar refractivity (Wildman–Crippen MR) is 61.2 cm³/mol. The summed E-state index contributed by atoms with van der Waals surface area (Å²) in [6.07, 6.45) is 2.46. The Labute approximate surface area is 92.4 Å². The molecule has 0 unspecified atom stereocenters. The summed E-state index contributed by atoms with van der Waals surface area (Å²) in [6, 6.07) is 1.84. The molecule has 2 aromatic rings. The van der Waals surface area contributed by atoms with E-state index < -0.39 is 0 Å². The minimum absolute atomic E-state index is 0.702. The highest BCUT2D eigenvalue weighted by atomic mass is 32.1. The number of thiazole rings is 1. The van der Waals surface area contributed by atoms with E-state index in [-0.39, 0.29) is 0 Å². The van der Waals surface area contributed by atoms with Crippen molar-refractivity contribution in [2.45, 2.75) is 13.3 Å². The molecule has 0 aliphatic rings. The molecule has 0 saturated heterocycles. The highest BCUT2D eigenvalue weighted by Crippen LogP contribution is 2.12. The first-order chi connectivity index (χ1) is 7.28. The normalized spacial score (nSPS) is 10.3. The zero-order valence-electron chi connectivity index (χ0n) is 8.69. The monoisotopic (exact) mass is 220 g/mol. The van der Waals surface area contributed by atoms with Gasteiger partial charge in [0.2, 0.25) is 0 Å². The van der Waals surface area contributed by atoms with E-state index in [2.05, 4.69) is 20.3 Å². The topological polar surface area (TPSA) is 50.7 Å². The fourth-order valence-electron chi connectivity index (χ4n) is 1.24. The molecule has 0 spiro atoms. The van der Waals surface area contributed by atoms with Gasteiger partial charge in [-0.15, -0.1) is 11.3 Å². The number of hydrogen-bond acceptors (Lipinski definition) is 5. The Kier molecular flexibility index (Phi) is 2.91. The van der Waals surface area contributed by atoms with E-state index in [1.54, 1.807) is 17.5 Å². The fourth-order valence-corrected chi connectivity index (χ4v) is 2.01. The zero-order chi connectivity index (χ0) is 10.7. The second kappa shape index (κ2) is 4.35. The van der Waals surface area contributed by atoms with Gasteiger partial charge in [0.15, 0.2) is 0 Å². The number of nitrogens with zero attached hydrogens (tertiary/aromatic N) is 3. The minimum Gasteiger partial charge on any atom is -0.373 e. The highest BCUT2D eigenvalue weighted by Gasteiger charge is 2.03. The number of aromatic nitrogens is 3. The predicted octanol–water partition coefficient (Wildman–Crippen LogP) is 1.87. The lowest BCUT2D eigenvalue weighted by Gasteiger charge is -2.00. The van der Waals surface area contributed by atoms with Gasteiger partial charge in [-0.05, 0) is 13.0 Å². The summed E-state index contributed by atoms with van der Waals surface area (Å²) in [5.41, 5.74) is 1.06. The molecular formula is C10H12N4S. The summed E-state index contributed by atoms with van der Waals surface area (Å²) in [7, 11) is 1.85. The molecular weight excluding hydrogens is 208 g/mol. The largest absolute Gasteiger partial charge is 0.373 e. The molecule has 0 atom stereocenters. The Morgan fingerprint density at radius 1 is 1.40 bits per heavy atom. The molecule has 2 heterocycles.